The molecule has 0 aliphatic heterocycles. The van der Waals surface area contributed by atoms with Crippen LogP contribution in [0.4, 0.5) is 5.69 Å². The first kappa shape index (κ1) is 13.8. The third kappa shape index (κ3) is 2.86. The van der Waals surface area contributed by atoms with Gasteiger partial charge in [-0.3, -0.25) is 5.10 Å². The molecule has 102 valence electrons. The van der Waals surface area contributed by atoms with Gasteiger partial charge in [0.2, 0.25) is 10.0 Å². The van der Waals surface area contributed by atoms with E-state index in [1.807, 2.05) is 0 Å². The summed E-state index contributed by atoms with van der Waals surface area (Å²) in [6.45, 7) is 0.0738. The molecule has 3 N–H and O–H groups in total. The minimum atomic E-state index is -3.70. The summed E-state index contributed by atoms with van der Waals surface area (Å²) in [6.07, 6.45) is 1.31. The number of nitrogens with zero attached hydrogens (tertiary/aromatic N) is 3. The van der Waals surface area contributed by atoms with Gasteiger partial charge in [0.1, 0.15) is 17.0 Å². The topological polar surface area (TPSA) is 105 Å². The Bertz CT molecular complexity index is 671. The summed E-state index contributed by atoms with van der Waals surface area (Å²) in [5.74, 6) is 0.443. The van der Waals surface area contributed by atoms with Gasteiger partial charge in [0, 0.05) is 12.1 Å². The summed E-state index contributed by atoms with van der Waals surface area (Å²) in [5.41, 5.74) is 5.80. The molecule has 0 aliphatic rings. The second-order valence-electron chi connectivity index (χ2n) is 3.88. The van der Waals surface area contributed by atoms with E-state index >= 15 is 0 Å². The normalized spacial score (nSPS) is 11.9. The Morgan fingerprint density at radius 3 is 2.79 bits per heavy atom. The molecule has 0 radical (unpaired) electrons. The zero-order valence-corrected chi connectivity index (χ0v) is 11.6. The summed E-state index contributed by atoms with van der Waals surface area (Å²) in [5, 5.41) is 6.64. The second kappa shape index (κ2) is 5.16. The molecule has 0 atom stereocenters. The lowest BCUT2D eigenvalue weighted by molar-refractivity contribution is 0.457. The van der Waals surface area contributed by atoms with Crippen molar-refractivity contribution in [2.45, 2.75) is 11.4 Å². The van der Waals surface area contributed by atoms with Crippen LogP contribution in [0.25, 0.3) is 0 Å². The van der Waals surface area contributed by atoms with Gasteiger partial charge in [0.05, 0.1) is 12.2 Å². The Hall–Kier alpha value is -1.64. The van der Waals surface area contributed by atoms with E-state index in [4.69, 9.17) is 17.3 Å². The molecule has 19 heavy (non-hydrogen) atoms. The van der Waals surface area contributed by atoms with Crippen molar-refractivity contribution >= 4 is 27.3 Å². The number of hydrogen-bond donors (Lipinski definition) is 2. The van der Waals surface area contributed by atoms with Crippen LogP contribution in [0.15, 0.2) is 29.4 Å². The maximum absolute atomic E-state index is 12.3. The number of aromatic nitrogens is 3. The summed E-state index contributed by atoms with van der Waals surface area (Å²) < 4.78 is 25.8. The quantitative estimate of drug-likeness (QED) is 0.815. The fourth-order valence-electron chi connectivity index (χ4n) is 1.52. The highest BCUT2D eigenvalue weighted by Crippen LogP contribution is 2.25. The summed E-state index contributed by atoms with van der Waals surface area (Å²) in [4.78, 5) is 3.89. The van der Waals surface area contributed by atoms with Crippen LogP contribution in [0.3, 0.4) is 0 Å². The summed E-state index contributed by atoms with van der Waals surface area (Å²) in [7, 11) is -2.26. The number of nitrogen functional groups attached to an aromatic ring is 1. The minimum Gasteiger partial charge on any atom is -0.398 e. The molecule has 0 fully saturated rings. The Labute approximate surface area is 115 Å². The number of hydrogen-bond acceptors (Lipinski definition) is 5. The van der Waals surface area contributed by atoms with Gasteiger partial charge in [-0.25, -0.2) is 13.4 Å². The maximum Gasteiger partial charge on any atom is 0.245 e. The Balaban J connectivity index is 2.31. The number of benzene rings is 1. The molecule has 1 aromatic heterocycles. The monoisotopic (exact) mass is 301 g/mol. The molecule has 1 heterocycles. The zero-order valence-electron chi connectivity index (χ0n) is 10.0. The predicted molar refractivity (Wildman–Crippen MR) is 70.9 cm³/mol. The lowest BCUT2D eigenvalue weighted by Gasteiger charge is -2.17. The summed E-state index contributed by atoms with van der Waals surface area (Å²) >= 11 is 5.75. The molecule has 0 unspecified atom stereocenters. The first-order valence-corrected chi connectivity index (χ1v) is 7.08. The largest absolute Gasteiger partial charge is 0.398 e. The van der Waals surface area contributed by atoms with E-state index in [9.17, 15) is 8.42 Å². The van der Waals surface area contributed by atoms with Gasteiger partial charge in [-0.1, -0.05) is 11.6 Å². The Morgan fingerprint density at radius 2 is 2.21 bits per heavy atom. The van der Waals surface area contributed by atoms with Crippen molar-refractivity contribution in [2.24, 2.45) is 0 Å². The zero-order chi connectivity index (χ0) is 14.0. The SMILES string of the molecule is CN(Cc1ncn[nH]1)S(=O)(=O)c1ccc(Cl)cc1N. The maximum atomic E-state index is 12.3. The van der Waals surface area contributed by atoms with E-state index in [1.54, 1.807) is 0 Å². The van der Waals surface area contributed by atoms with Gasteiger partial charge in [0.15, 0.2) is 0 Å². The average Bonchev–Trinajstić information content (AvgIpc) is 2.81. The third-order valence-corrected chi connectivity index (χ3v) is 4.61. The van der Waals surface area contributed by atoms with E-state index in [0.29, 0.717) is 10.8 Å². The van der Waals surface area contributed by atoms with Crippen molar-refractivity contribution in [3.05, 3.63) is 35.4 Å². The first-order chi connectivity index (χ1) is 8.91. The van der Waals surface area contributed by atoms with E-state index in [0.717, 1.165) is 4.31 Å². The number of H-pyrrole nitrogens is 1. The lowest BCUT2D eigenvalue weighted by Crippen LogP contribution is -2.27. The number of aromatic amines is 1. The van der Waals surface area contributed by atoms with Gasteiger partial charge < -0.3 is 5.73 Å². The van der Waals surface area contributed by atoms with Crippen LogP contribution in [-0.4, -0.2) is 35.0 Å². The number of sulfonamides is 1. The van der Waals surface area contributed by atoms with Crippen molar-refractivity contribution < 1.29 is 8.42 Å². The molecule has 2 aromatic rings. The second-order valence-corrected chi connectivity index (χ2v) is 6.33. The van der Waals surface area contributed by atoms with E-state index in [-0.39, 0.29) is 17.1 Å². The first-order valence-electron chi connectivity index (χ1n) is 5.27. The van der Waals surface area contributed by atoms with Crippen molar-refractivity contribution in [3.63, 3.8) is 0 Å². The van der Waals surface area contributed by atoms with Crippen LogP contribution in [0.2, 0.25) is 5.02 Å². The Morgan fingerprint density at radius 1 is 1.47 bits per heavy atom. The minimum absolute atomic E-state index is 0.0129. The lowest BCUT2D eigenvalue weighted by atomic mass is 10.3. The molecule has 0 amide bonds. The molecule has 0 aliphatic carbocycles. The number of rotatable bonds is 4. The smallest absolute Gasteiger partial charge is 0.245 e. The highest BCUT2D eigenvalue weighted by molar-refractivity contribution is 7.89. The number of halogens is 1. The van der Waals surface area contributed by atoms with Gasteiger partial charge in [-0.2, -0.15) is 9.40 Å². The molecule has 0 saturated heterocycles. The van der Waals surface area contributed by atoms with Crippen molar-refractivity contribution in [2.75, 3.05) is 12.8 Å². The molecular weight excluding hydrogens is 290 g/mol. The van der Waals surface area contributed by atoms with Crippen molar-refractivity contribution in [3.8, 4) is 0 Å². The van der Waals surface area contributed by atoms with Gasteiger partial charge in [0.25, 0.3) is 0 Å². The number of nitrogens with one attached hydrogen (secondary N) is 1. The van der Waals surface area contributed by atoms with Crippen LogP contribution < -0.4 is 5.73 Å². The fourth-order valence-corrected chi connectivity index (χ4v) is 2.93. The summed E-state index contributed by atoms with van der Waals surface area (Å²) in [6, 6.07) is 4.26. The molecule has 9 heteroatoms. The van der Waals surface area contributed by atoms with Crippen molar-refractivity contribution in [1.29, 1.82) is 0 Å². The predicted octanol–water partition coefficient (Wildman–Crippen LogP) is 0.861. The standard InChI is InChI=1S/C10H12ClN5O2S/c1-16(5-10-13-6-14-15-10)19(17,18)9-3-2-7(11)4-8(9)12/h2-4,6H,5,12H2,1H3,(H,13,14,15). The molecule has 7 nitrogen and oxygen atoms in total. The van der Waals surface area contributed by atoms with Crippen LogP contribution in [-0.2, 0) is 16.6 Å². The molecule has 0 spiro atoms. The van der Waals surface area contributed by atoms with E-state index in [1.165, 1.54) is 31.6 Å². The van der Waals surface area contributed by atoms with E-state index < -0.39 is 10.0 Å². The fraction of sp³-hybridized carbons (Fsp3) is 0.200. The van der Waals surface area contributed by atoms with Crippen LogP contribution in [0.1, 0.15) is 5.82 Å². The molecule has 0 saturated carbocycles. The highest BCUT2D eigenvalue weighted by atomic mass is 35.5. The van der Waals surface area contributed by atoms with E-state index in [2.05, 4.69) is 15.2 Å². The molecule has 2 rings (SSSR count). The number of anilines is 1. The van der Waals surface area contributed by atoms with Crippen LogP contribution in [0, 0.1) is 0 Å². The van der Waals surface area contributed by atoms with Gasteiger partial charge in [-0.05, 0) is 18.2 Å². The highest BCUT2D eigenvalue weighted by Gasteiger charge is 2.24. The van der Waals surface area contributed by atoms with Crippen LogP contribution in [0.5, 0.6) is 0 Å². The van der Waals surface area contributed by atoms with Crippen LogP contribution >= 0.6 is 11.6 Å². The van der Waals surface area contributed by atoms with Crippen molar-refractivity contribution in [1.82, 2.24) is 19.5 Å². The molecule has 0 bridgehead atoms. The third-order valence-electron chi connectivity index (χ3n) is 2.50. The molecular formula is C10H12ClN5O2S. The molecule has 1 aromatic carbocycles. The number of nitrogens with two attached hydrogens (primary N) is 1. The Kier molecular flexibility index (Phi) is 3.74. The van der Waals surface area contributed by atoms with Gasteiger partial charge >= 0.3 is 0 Å². The van der Waals surface area contributed by atoms with Gasteiger partial charge in [-0.15, -0.1) is 0 Å². The average molecular weight is 302 g/mol.